The van der Waals surface area contributed by atoms with Crippen molar-refractivity contribution in [2.24, 2.45) is 0 Å². The van der Waals surface area contributed by atoms with Gasteiger partial charge in [-0.05, 0) is 43.8 Å². The summed E-state index contributed by atoms with van der Waals surface area (Å²) in [4.78, 5) is 39.4. The molecule has 0 saturated carbocycles. The van der Waals surface area contributed by atoms with E-state index in [0.29, 0.717) is 38.5 Å². The van der Waals surface area contributed by atoms with Crippen LogP contribution in [0.2, 0.25) is 0 Å². The van der Waals surface area contributed by atoms with E-state index in [-0.39, 0.29) is 15.7 Å². The molecular formula is C18H26N5O4S+. The van der Waals surface area contributed by atoms with Gasteiger partial charge in [0.1, 0.15) is 13.1 Å². The molecule has 152 valence electrons. The lowest BCUT2D eigenvalue weighted by molar-refractivity contribution is -0.955. The number of amides is 3. The molecular weight excluding hydrogens is 382 g/mol. The van der Waals surface area contributed by atoms with Crippen molar-refractivity contribution in [3.63, 3.8) is 0 Å². The van der Waals surface area contributed by atoms with Gasteiger partial charge in [-0.15, -0.1) is 0 Å². The molecule has 3 rings (SSSR count). The number of quaternary nitrogens is 1. The molecule has 10 heteroatoms. The third-order valence-corrected chi connectivity index (χ3v) is 5.73. The van der Waals surface area contributed by atoms with Gasteiger partial charge in [0.2, 0.25) is 5.91 Å². The highest BCUT2D eigenvalue weighted by molar-refractivity contribution is 7.96. The van der Waals surface area contributed by atoms with Gasteiger partial charge in [-0.25, -0.2) is 9.59 Å². The smallest absolute Gasteiger partial charge is 0.414 e. The highest BCUT2D eigenvalue weighted by Gasteiger charge is 2.44. The highest BCUT2D eigenvalue weighted by Crippen LogP contribution is 2.27. The molecule has 2 heterocycles. The molecule has 0 bridgehead atoms. The number of hydrogen-bond donors (Lipinski definition) is 2. The summed E-state index contributed by atoms with van der Waals surface area (Å²) >= 11 is 4.05. The second-order valence-corrected chi connectivity index (χ2v) is 7.52. The van der Waals surface area contributed by atoms with Gasteiger partial charge >= 0.3 is 11.3 Å². The Hall–Kier alpha value is -2.30. The quantitative estimate of drug-likeness (QED) is 0.419. The summed E-state index contributed by atoms with van der Waals surface area (Å²) in [6.07, 6.45) is -0.860. The molecule has 28 heavy (non-hydrogen) atoms. The third-order valence-electron chi connectivity index (χ3n) is 5.35. The number of thiol groups is 1. The molecule has 1 aromatic carbocycles. The average molecular weight is 409 g/mol. The lowest BCUT2D eigenvalue weighted by Gasteiger charge is -2.38. The minimum atomic E-state index is -0.435. The Morgan fingerprint density at radius 1 is 1.29 bits per heavy atom. The Bertz CT molecular complexity index is 772. The largest absolute Gasteiger partial charge is 0.438 e. The van der Waals surface area contributed by atoms with E-state index in [4.69, 9.17) is 4.74 Å². The normalized spacial score (nSPS) is 21.7. The van der Waals surface area contributed by atoms with E-state index in [1.807, 2.05) is 50.2 Å². The number of benzene rings is 1. The van der Waals surface area contributed by atoms with Gasteiger partial charge in [-0.2, -0.15) is 9.60 Å². The number of nitrogens with zero attached hydrogens (tertiary/aromatic N) is 4. The fraction of sp³-hybridized carbons (Fsp3) is 0.500. The van der Waals surface area contributed by atoms with Crippen LogP contribution in [-0.4, -0.2) is 79.9 Å². The minimum Gasteiger partial charge on any atom is -0.438 e. The van der Waals surface area contributed by atoms with Gasteiger partial charge in [0.15, 0.2) is 6.10 Å². The first-order valence-electron chi connectivity index (χ1n) is 9.15. The maximum absolute atomic E-state index is 12.4. The molecule has 9 nitrogen and oxygen atoms in total. The standard InChI is InChI=1S/C18H25N5O4S/c1-4-23(18(26)28,20(2)3)11-15-9-22(17(25)27-15)14-7-5-13(6-8-14)21-10-16(24)19-12-21/h5-8,15H,4,9-12H2,1-3H3,(H-,19,24,26,28)/p+1/t15-,23?/m0/s1. The maximum atomic E-state index is 12.4. The van der Waals surface area contributed by atoms with E-state index in [1.165, 1.54) is 0 Å². The minimum absolute atomic E-state index is 0.00722. The number of likely N-dealkylation sites (N-methyl/N-ethyl adjacent to an activating group) is 1. The zero-order valence-corrected chi connectivity index (χ0v) is 17.2. The van der Waals surface area contributed by atoms with E-state index in [2.05, 4.69) is 17.9 Å². The number of carbonyl (C=O) groups excluding carboxylic acids is 3. The van der Waals surface area contributed by atoms with Crippen molar-refractivity contribution in [2.75, 3.05) is 56.7 Å². The van der Waals surface area contributed by atoms with E-state index in [0.717, 1.165) is 5.69 Å². The molecule has 2 saturated heterocycles. The van der Waals surface area contributed by atoms with Crippen LogP contribution in [0.3, 0.4) is 0 Å². The summed E-state index contributed by atoms with van der Waals surface area (Å²) in [5, 5.41) is 4.25. The zero-order chi connectivity index (χ0) is 20.5. The lowest BCUT2D eigenvalue weighted by atomic mass is 10.2. The molecule has 0 radical (unpaired) electrons. The molecule has 0 aromatic heterocycles. The van der Waals surface area contributed by atoms with E-state index < -0.39 is 12.2 Å². The number of hydrogen-bond acceptors (Lipinski definition) is 6. The van der Waals surface area contributed by atoms with Crippen LogP contribution in [0.15, 0.2) is 24.3 Å². The first-order valence-corrected chi connectivity index (χ1v) is 9.60. The Morgan fingerprint density at radius 2 is 1.93 bits per heavy atom. The number of rotatable bonds is 6. The SMILES string of the molecule is CC[N+](C[C@@H]1CN(c2ccc(N3CNC(=O)C3)cc2)C(=O)O1)(C(=O)S)N(C)C. The number of cyclic esters (lactones) is 1. The topological polar surface area (TPSA) is 82.2 Å². The Labute approximate surface area is 169 Å². The summed E-state index contributed by atoms with van der Waals surface area (Å²) in [6, 6.07) is 7.41. The van der Waals surface area contributed by atoms with Crippen molar-refractivity contribution in [2.45, 2.75) is 13.0 Å². The van der Waals surface area contributed by atoms with Crippen LogP contribution in [0, 0.1) is 0 Å². The Kier molecular flexibility index (Phi) is 5.82. The van der Waals surface area contributed by atoms with Crippen LogP contribution in [0.1, 0.15) is 6.92 Å². The van der Waals surface area contributed by atoms with Crippen molar-refractivity contribution in [3.05, 3.63) is 24.3 Å². The average Bonchev–Trinajstić information content (AvgIpc) is 3.25. The number of nitrogens with one attached hydrogen (secondary N) is 1. The number of carbonyl (C=O) groups is 3. The van der Waals surface area contributed by atoms with Crippen LogP contribution >= 0.6 is 12.6 Å². The Balaban J connectivity index is 1.70. The molecule has 2 fully saturated rings. The van der Waals surface area contributed by atoms with Gasteiger partial charge in [0.05, 0.1) is 19.8 Å². The zero-order valence-electron chi connectivity index (χ0n) is 16.3. The van der Waals surface area contributed by atoms with Gasteiger partial charge < -0.3 is 15.0 Å². The second-order valence-electron chi connectivity index (χ2n) is 7.14. The fourth-order valence-electron chi connectivity index (χ4n) is 3.62. The predicted octanol–water partition coefficient (Wildman–Crippen LogP) is 1.27. The van der Waals surface area contributed by atoms with Crippen LogP contribution in [-0.2, 0) is 9.53 Å². The molecule has 0 spiro atoms. The summed E-state index contributed by atoms with van der Waals surface area (Å²) in [6.45, 7) is 3.91. The monoisotopic (exact) mass is 408 g/mol. The summed E-state index contributed by atoms with van der Waals surface area (Å²) in [5.41, 5.74) is 1.62. The molecule has 3 amide bonds. The first-order chi connectivity index (χ1) is 13.3. The predicted molar refractivity (Wildman–Crippen MR) is 108 cm³/mol. The van der Waals surface area contributed by atoms with Crippen molar-refractivity contribution in [3.8, 4) is 0 Å². The van der Waals surface area contributed by atoms with Crippen molar-refractivity contribution >= 4 is 41.2 Å². The first kappa shape index (κ1) is 20.4. The van der Waals surface area contributed by atoms with Crippen LogP contribution in [0.5, 0.6) is 0 Å². The number of ether oxygens (including phenoxy) is 1. The third kappa shape index (κ3) is 3.80. The number of anilines is 2. The van der Waals surface area contributed by atoms with Gasteiger partial charge in [0, 0.05) is 25.5 Å². The van der Waals surface area contributed by atoms with Crippen molar-refractivity contribution in [1.29, 1.82) is 0 Å². The van der Waals surface area contributed by atoms with E-state index >= 15 is 0 Å². The van der Waals surface area contributed by atoms with Crippen LogP contribution in [0.4, 0.5) is 21.0 Å². The maximum Gasteiger partial charge on any atom is 0.414 e. The molecule has 1 aromatic rings. The molecule has 1 N–H and O–H groups in total. The van der Waals surface area contributed by atoms with Gasteiger partial charge in [0.25, 0.3) is 0 Å². The van der Waals surface area contributed by atoms with Crippen molar-refractivity contribution < 1.29 is 23.7 Å². The fourth-order valence-corrected chi connectivity index (χ4v) is 4.02. The van der Waals surface area contributed by atoms with E-state index in [9.17, 15) is 14.4 Å². The second kappa shape index (κ2) is 7.98. The molecule has 1 unspecified atom stereocenters. The molecule has 0 aliphatic carbocycles. The van der Waals surface area contributed by atoms with Crippen LogP contribution < -0.4 is 15.1 Å². The van der Waals surface area contributed by atoms with E-state index in [1.54, 1.807) is 9.91 Å². The Morgan fingerprint density at radius 3 is 2.43 bits per heavy atom. The molecule has 2 atom stereocenters. The molecule has 2 aliphatic rings. The van der Waals surface area contributed by atoms with Crippen molar-refractivity contribution in [1.82, 2.24) is 10.3 Å². The summed E-state index contributed by atoms with van der Waals surface area (Å²) in [5.74, 6) is -0.00722. The highest BCUT2D eigenvalue weighted by atomic mass is 32.1. The summed E-state index contributed by atoms with van der Waals surface area (Å²) in [7, 11) is 3.62. The van der Waals surface area contributed by atoms with Gasteiger partial charge in [-0.3, -0.25) is 9.69 Å². The lowest BCUT2D eigenvalue weighted by Crippen LogP contribution is -2.62. The van der Waals surface area contributed by atoms with Gasteiger partial charge in [-0.1, -0.05) is 0 Å². The summed E-state index contributed by atoms with van der Waals surface area (Å²) < 4.78 is 5.51. The van der Waals surface area contributed by atoms with Crippen LogP contribution in [0.25, 0.3) is 0 Å². The molecule has 2 aliphatic heterocycles.